The lowest BCUT2D eigenvalue weighted by Gasteiger charge is -2.35. The number of halogens is 1. The SMILES string of the molecule is Cc1cc(NC(=O)CN2CCNCC2c2cccc(F)c2)on1. The molecule has 1 fully saturated rings. The van der Waals surface area contributed by atoms with Crippen LogP contribution < -0.4 is 10.6 Å². The highest BCUT2D eigenvalue weighted by atomic mass is 19.1. The van der Waals surface area contributed by atoms with E-state index in [0.717, 1.165) is 12.1 Å². The van der Waals surface area contributed by atoms with E-state index in [1.807, 2.05) is 11.0 Å². The molecule has 2 N–H and O–H groups in total. The van der Waals surface area contributed by atoms with E-state index < -0.39 is 0 Å². The summed E-state index contributed by atoms with van der Waals surface area (Å²) < 4.78 is 18.5. The van der Waals surface area contributed by atoms with E-state index in [1.165, 1.54) is 12.1 Å². The Morgan fingerprint density at radius 2 is 2.39 bits per heavy atom. The maximum atomic E-state index is 13.5. The number of hydrogen-bond donors (Lipinski definition) is 2. The van der Waals surface area contributed by atoms with Gasteiger partial charge in [0.15, 0.2) is 0 Å². The fourth-order valence-electron chi connectivity index (χ4n) is 2.76. The van der Waals surface area contributed by atoms with Crippen LogP contribution in [0.2, 0.25) is 0 Å². The second-order valence-electron chi connectivity index (χ2n) is 5.63. The van der Waals surface area contributed by atoms with Crippen molar-refractivity contribution in [2.75, 3.05) is 31.5 Å². The highest BCUT2D eigenvalue weighted by Gasteiger charge is 2.26. The maximum absolute atomic E-state index is 13.5. The van der Waals surface area contributed by atoms with Gasteiger partial charge in [-0.05, 0) is 24.6 Å². The lowest BCUT2D eigenvalue weighted by Crippen LogP contribution is -2.48. The number of carbonyl (C=O) groups excluding carboxylic acids is 1. The van der Waals surface area contributed by atoms with Crippen LogP contribution in [-0.2, 0) is 4.79 Å². The molecule has 1 atom stereocenters. The van der Waals surface area contributed by atoms with Crippen molar-refractivity contribution in [1.82, 2.24) is 15.4 Å². The zero-order valence-electron chi connectivity index (χ0n) is 12.9. The molecule has 0 aliphatic carbocycles. The predicted molar refractivity (Wildman–Crippen MR) is 83.5 cm³/mol. The standard InChI is InChI=1S/C16H19FN4O2/c1-11-7-16(23-20-11)19-15(22)10-21-6-5-18-9-14(21)12-3-2-4-13(17)8-12/h2-4,7-8,14,18H,5-6,9-10H2,1H3,(H,19,22). The fourth-order valence-corrected chi connectivity index (χ4v) is 2.76. The van der Waals surface area contributed by atoms with Gasteiger partial charge in [0, 0.05) is 31.7 Å². The number of aromatic nitrogens is 1. The Labute approximate surface area is 133 Å². The summed E-state index contributed by atoms with van der Waals surface area (Å²) in [7, 11) is 0. The first-order valence-electron chi connectivity index (χ1n) is 7.55. The number of nitrogens with zero attached hydrogens (tertiary/aromatic N) is 2. The zero-order valence-corrected chi connectivity index (χ0v) is 12.9. The molecule has 0 saturated carbocycles. The number of anilines is 1. The quantitative estimate of drug-likeness (QED) is 0.898. The van der Waals surface area contributed by atoms with Crippen molar-refractivity contribution >= 4 is 11.8 Å². The Balaban J connectivity index is 1.67. The summed E-state index contributed by atoms with van der Waals surface area (Å²) >= 11 is 0. The van der Waals surface area contributed by atoms with Gasteiger partial charge in [0.05, 0.1) is 12.2 Å². The summed E-state index contributed by atoms with van der Waals surface area (Å²) in [6.07, 6.45) is 0. The van der Waals surface area contributed by atoms with E-state index in [-0.39, 0.29) is 24.3 Å². The fraction of sp³-hybridized carbons (Fsp3) is 0.375. The smallest absolute Gasteiger partial charge is 0.240 e. The molecule has 7 heteroatoms. The van der Waals surface area contributed by atoms with Crippen molar-refractivity contribution in [3.05, 3.63) is 47.4 Å². The van der Waals surface area contributed by atoms with Gasteiger partial charge < -0.3 is 9.84 Å². The van der Waals surface area contributed by atoms with E-state index in [9.17, 15) is 9.18 Å². The molecule has 2 heterocycles. The van der Waals surface area contributed by atoms with Crippen LogP contribution in [0.4, 0.5) is 10.3 Å². The van der Waals surface area contributed by atoms with Crippen molar-refractivity contribution in [1.29, 1.82) is 0 Å². The average molecular weight is 318 g/mol. The van der Waals surface area contributed by atoms with Gasteiger partial charge in [0.25, 0.3) is 0 Å². The van der Waals surface area contributed by atoms with E-state index in [2.05, 4.69) is 15.8 Å². The van der Waals surface area contributed by atoms with Gasteiger partial charge in [-0.15, -0.1) is 0 Å². The van der Waals surface area contributed by atoms with Crippen molar-refractivity contribution in [3.8, 4) is 0 Å². The van der Waals surface area contributed by atoms with Crippen LogP contribution in [0.15, 0.2) is 34.9 Å². The summed E-state index contributed by atoms with van der Waals surface area (Å²) in [6.45, 7) is 4.18. The van der Waals surface area contributed by atoms with Crippen LogP contribution >= 0.6 is 0 Å². The number of carbonyl (C=O) groups is 1. The second-order valence-corrected chi connectivity index (χ2v) is 5.63. The number of hydrogen-bond acceptors (Lipinski definition) is 5. The first-order chi connectivity index (χ1) is 11.1. The Morgan fingerprint density at radius 3 is 3.13 bits per heavy atom. The third-order valence-corrected chi connectivity index (χ3v) is 3.82. The minimum atomic E-state index is -0.269. The number of nitrogens with one attached hydrogen (secondary N) is 2. The third kappa shape index (κ3) is 3.94. The van der Waals surface area contributed by atoms with Gasteiger partial charge in [-0.25, -0.2) is 4.39 Å². The summed E-state index contributed by atoms with van der Waals surface area (Å²) in [5.41, 5.74) is 1.57. The molecule has 1 amide bonds. The normalized spacial score (nSPS) is 18.8. The average Bonchev–Trinajstić information content (AvgIpc) is 2.92. The number of amides is 1. The van der Waals surface area contributed by atoms with E-state index in [0.29, 0.717) is 24.7 Å². The highest BCUT2D eigenvalue weighted by molar-refractivity contribution is 5.91. The Hall–Kier alpha value is -2.25. The van der Waals surface area contributed by atoms with E-state index in [1.54, 1.807) is 19.1 Å². The van der Waals surface area contributed by atoms with Gasteiger partial charge in [-0.3, -0.25) is 15.0 Å². The maximum Gasteiger partial charge on any atom is 0.240 e. The molecule has 0 spiro atoms. The first-order valence-corrected chi connectivity index (χ1v) is 7.55. The molecule has 0 radical (unpaired) electrons. The largest absolute Gasteiger partial charge is 0.338 e. The molecule has 3 rings (SSSR count). The molecule has 1 aliphatic rings. The van der Waals surface area contributed by atoms with Crippen molar-refractivity contribution < 1.29 is 13.7 Å². The number of rotatable bonds is 4. The van der Waals surface area contributed by atoms with Gasteiger partial charge in [0.2, 0.25) is 11.8 Å². The zero-order chi connectivity index (χ0) is 16.2. The van der Waals surface area contributed by atoms with Crippen molar-refractivity contribution in [2.45, 2.75) is 13.0 Å². The molecule has 23 heavy (non-hydrogen) atoms. The predicted octanol–water partition coefficient (Wildman–Crippen LogP) is 1.71. The van der Waals surface area contributed by atoms with E-state index in [4.69, 9.17) is 4.52 Å². The molecule has 1 unspecified atom stereocenters. The van der Waals surface area contributed by atoms with Crippen LogP contribution in [0.3, 0.4) is 0 Å². The Morgan fingerprint density at radius 1 is 1.52 bits per heavy atom. The van der Waals surface area contributed by atoms with Crippen LogP contribution in [0, 0.1) is 12.7 Å². The molecular weight excluding hydrogens is 299 g/mol. The number of piperazine rings is 1. The lowest BCUT2D eigenvalue weighted by molar-refractivity contribution is -0.118. The summed E-state index contributed by atoms with van der Waals surface area (Å²) in [5, 5.41) is 9.71. The molecule has 122 valence electrons. The Bertz CT molecular complexity index is 688. The molecule has 1 aliphatic heterocycles. The van der Waals surface area contributed by atoms with Gasteiger partial charge in [-0.1, -0.05) is 17.3 Å². The lowest BCUT2D eigenvalue weighted by atomic mass is 10.0. The second kappa shape index (κ2) is 6.89. The topological polar surface area (TPSA) is 70.4 Å². The van der Waals surface area contributed by atoms with Gasteiger partial charge in [0.1, 0.15) is 5.82 Å². The van der Waals surface area contributed by atoms with Crippen LogP contribution in [0.25, 0.3) is 0 Å². The van der Waals surface area contributed by atoms with E-state index >= 15 is 0 Å². The van der Waals surface area contributed by atoms with Crippen LogP contribution in [0.5, 0.6) is 0 Å². The minimum absolute atomic E-state index is 0.0401. The molecule has 2 aromatic rings. The third-order valence-electron chi connectivity index (χ3n) is 3.82. The summed E-state index contributed by atoms with van der Waals surface area (Å²) in [5.74, 6) is -0.107. The molecular formula is C16H19FN4O2. The van der Waals surface area contributed by atoms with Gasteiger partial charge >= 0.3 is 0 Å². The van der Waals surface area contributed by atoms with Crippen LogP contribution in [0.1, 0.15) is 17.3 Å². The molecule has 6 nitrogen and oxygen atoms in total. The molecule has 0 bridgehead atoms. The highest BCUT2D eigenvalue weighted by Crippen LogP contribution is 2.22. The molecule has 1 saturated heterocycles. The number of benzene rings is 1. The summed E-state index contributed by atoms with van der Waals surface area (Å²) in [4.78, 5) is 14.2. The molecule has 1 aromatic heterocycles. The van der Waals surface area contributed by atoms with Crippen molar-refractivity contribution in [3.63, 3.8) is 0 Å². The number of aryl methyl sites for hydroxylation is 1. The summed E-state index contributed by atoms with van der Waals surface area (Å²) in [6, 6.07) is 8.13. The Kier molecular flexibility index (Phi) is 4.68. The van der Waals surface area contributed by atoms with Gasteiger partial charge in [-0.2, -0.15) is 0 Å². The molecule has 1 aromatic carbocycles. The van der Waals surface area contributed by atoms with Crippen molar-refractivity contribution in [2.24, 2.45) is 0 Å². The monoisotopic (exact) mass is 318 g/mol. The minimum Gasteiger partial charge on any atom is -0.338 e. The van der Waals surface area contributed by atoms with Crippen LogP contribution in [-0.4, -0.2) is 42.1 Å². The first kappa shape index (κ1) is 15.6.